The van der Waals surface area contributed by atoms with Crippen LogP contribution in [0, 0.1) is 0 Å². The number of rotatable bonds is 4. The van der Waals surface area contributed by atoms with Gasteiger partial charge in [0.25, 0.3) is 5.91 Å². The number of hydrogen-bond donors (Lipinski definition) is 2. The number of hydrogen-bond acceptors (Lipinski definition) is 7. The molecule has 3 rings (SSSR count). The fourth-order valence-electron chi connectivity index (χ4n) is 2.55. The second-order valence-corrected chi connectivity index (χ2v) is 5.37. The second-order valence-electron chi connectivity index (χ2n) is 5.37. The molecule has 1 amide bonds. The summed E-state index contributed by atoms with van der Waals surface area (Å²) >= 11 is 0. The van der Waals surface area contributed by atoms with Crippen LogP contribution in [0.5, 0.6) is 0 Å². The van der Waals surface area contributed by atoms with Gasteiger partial charge in [0.2, 0.25) is 5.95 Å². The summed E-state index contributed by atoms with van der Waals surface area (Å²) in [7, 11) is 0. The van der Waals surface area contributed by atoms with Crippen LogP contribution in [0.3, 0.4) is 0 Å². The Labute approximate surface area is 127 Å². The number of carbonyl (C=O) groups is 1. The highest BCUT2D eigenvalue weighted by Crippen LogP contribution is 2.23. The fraction of sp³-hybridized carbons (Fsp3) is 0.429. The van der Waals surface area contributed by atoms with Crippen molar-refractivity contribution in [2.75, 3.05) is 24.5 Å². The average Bonchev–Trinajstić information content (AvgIpc) is 3.08. The van der Waals surface area contributed by atoms with E-state index in [1.807, 2.05) is 4.90 Å². The molecule has 1 atom stereocenters. The lowest BCUT2D eigenvalue weighted by Crippen LogP contribution is -2.54. The first kappa shape index (κ1) is 14.5. The SMILES string of the molecule is O=C(NC[C@@]1(O)CCCN(c2ncccn2)C1)c1ccon1. The normalized spacial score (nSPS) is 21.6. The Morgan fingerprint density at radius 1 is 1.45 bits per heavy atom. The van der Waals surface area contributed by atoms with E-state index in [2.05, 4.69) is 25.0 Å². The molecule has 116 valence electrons. The van der Waals surface area contributed by atoms with Crippen molar-refractivity contribution in [1.82, 2.24) is 20.4 Å². The van der Waals surface area contributed by atoms with Crippen LogP contribution in [0.15, 0.2) is 35.3 Å². The molecule has 2 aromatic rings. The molecule has 8 heteroatoms. The van der Waals surface area contributed by atoms with Crippen molar-refractivity contribution >= 4 is 11.9 Å². The van der Waals surface area contributed by atoms with Gasteiger partial charge in [-0.15, -0.1) is 0 Å². The predicted octanol–water partition coefficient (Wildman–Crippen LogP) is 0.226. The minimum Gasteiger partial charge on any atom is -0.386 e. The molecule has 8 nitrogen and oxygen atoms in total. The summed E-state index contributed by atoms with van der Waals surface area (Å²) in [6.07, 6.45) is 6.08. The molecule has 0 aromatic carbocycles. The second kappa shape index (κ2) is 6.10. The molecule has 0 radical (unpaired) electrons. The van der Waals surface area contributed by atoms with Crippen LogP contribution in [-0.4, -0.2) is 51.4 Å². The Morgan fingerprint density at radius 2 is 2.27 bits per heavy atom. The molecule has 0 aliphatic carbocycles. The number of carbonyl (C=O) groups excluding carboxylic acids is 1. The molecule has 0 spiro atoms. The minimum atomic E-state index is -1.02. The molecule has 1 aliphatic rings. The van der Waals surface area contributed by atoms with Crippen LogP contribution < -0.4 is 10.2 Å². The highest BCUT2D eigenvalue weighted by Gasteiger charge is 2.34. The maximum atomic E-state index is 11.9. The number of piperidine rings is 1. The molecule has 22 heavy (non-hydrogen) atoms. The van der Waals surface area contributed by atoms with Gasteiger partial charge in [0.1, 0.15) is 6.26 Å². The Kier molecular flexibility index (Phi) is 4.01. The molecule has 2 N–H and O–H groups in total. The number of nitrogens with zero attached hydrogens (tertiary/aromatic N) is 4. The zero-order valence-corrected chi connectivity index (χ0v) is 12.0. The van der Waals surface area contributed by atoms with Crippen LogP contribution in [0.1, 0.15) is 23.3 Å². The van der Waals surface area contributed by atoms with Gasteiger partial charge in [0.15, 0.2) is 5.69 Å². The minimum absolute atomic E-state index is 0.141. The predicted molar refractivity (Wildman–Crippen MR) is 77.3 cm³/mol. The van der Waals surface area contributed by atoms with Gasteiger partial charge in [0, 0.05) is 31.5 Å². The molecule has 0 unspecified atom stereocenters. The molecule has 3 heterocycles. The van der Waals surface area contributed by atoms with E-state index in [1.54, 1.807) is 18.5 Å². The zero-order valence-electron chi connectivity index (χ0n) is 12.0. The quantitative estimate of drug-likeness (QED) is 0.832. The molecule has 1 fully saturated rings. The Hall–Kier alpha value is -2.48. The van der Waals surface area contributed by atoms with Crippen LogP contribution in [0.2, 0.25) is 0 Å². The van der Waals surface area contributed by atoms with Crippen molar-refractivity contribution in [3.8, 4) is 0 Å². The molecule has 0 saturated carbocycles. The van der Waals surface area contributed by atoms with E-state index >= 15 is 0 Å². The maximum absolute atomic E-state index is 11.9. The summed E-state index contributed by atoms with van der Waals surface area (Å²) in [5, 5.41) is 16.9. The third-order valence-electron chi connectivity index (χ3n) is 3.64. The average molecular weight is 303 g/mol. The molecular formula is C14H17N5O3. The van der Waals surface area contributed by atoms with Gasteiger partial charge in [0.05, 0.1) is 12.1 Å². The zero-order chi connectivity index (χ0) is 15.4. The Morgan fingerprint density at radius 3 is 3.00 bits per heavy atom. The van der Waals surface area contributed by atoms with Crippen molar-refractivity contribution < 1.29 is 14.4 Å². The molecular weight excluding hydrogens is 286 g/mol. The van der Waals surface area contributed by atoms with E-state index < -0.39 is 5.60 Å². The largest absolute Gasteiger partial charge is 0.386 e. The summed E-state index contributed by atoms with van der Waals surface area (Å²) in [5.74, 6) is 0.221. The van der Waals surface area contributed by atoms with Gasteiger partial charge < -0.3 is 19.8 Å². The van der Waals surface area contributed by atoms with Gasteiger partial charge in [-0.1, -0.05) is 5.16 Å². The summed E-state index contributed by atoms with van der Waals surface area (Å²) in [4.78, 5) is 22.2. The van der Waals surface area contributed by atoms with Crippen molar-refractivity contribution in [3.63, 3.8) is 0 Å². The molecule has 1 saturated heterocycles. The molecule has 1 aliphatic heterocycles. The maximum Gasteiger partial charge on any atom is 0.273 e. The topological polar surface area (TPSA) is 104 Å². The van der Waals surface area contributed by atoms with Gasteiger partial charge >= 0.3 is 0 Å². The van der Waals surface area contributed by atoms with Gasteiger partial charge in [-0.25, -0.2) is 9.97 Å². The van der Waals surface area contributed by atoms with E-state index in [0.29, 0.717) is 18.9 Å². The van der Waals surface area contributed by atoms with Crippen LogP contribution in [0.25, 0.3) is 0 Å². The fourth-order valence-corrected chi connectivity index (χ4v) is 2.55. The van der Waals surface area contributed by atoms with Crippen molar-refractivity contribution in [1.29, 1.82) is 0 Å². The number of anilines is 1. The standard InChI is InChI=1S/C14H17N5O3/c20-12(11-3-8-22-18-11)17-9-14(21)4-1-7-19(10-14)13-15-5-2-6-16-13/h2-3,5-6,8,21H,1,4,7,9-10H2,(H,17,20)/t14-/m0/s1. The van der Waals surface area contributed by atoms with Crippen LogP contribution >= 0.6 is 0 Å². The summed E-state index contributed by atoms with van der Waals surface area (Å²) in [5.41, 5.74) is -0.820. The van der Waals surface area contributed by atoms with E-state index in [-0.39, 0.29) is 18.1 Å². The third-order valence-corrected chi connectivity index (χ3v) is 3.64. The van der Waals surface area contributed by atoms with Crippen LogP contribution in [0.4, 0.5) is 5.95 Å². The first-order chi connectivity index (χ1) is 10.7. The Balaban J connectivity index is 1.61. The van der Waals surface area contributed by atoms with Gasteiger partial charge in [-0.3, -0.25) is 4.79 Å². The summed E-state index contributed by atoms with van der Waals surface area (Å²) < 4.78 is 4.63. The highest BCUT2D eigenvalue weighted by molar-refractivity contribution is 5.91. The highest BCUT2D eigenvalue weighted by atomic mass is 16.5. The van der Waals surface area contributed by atoms with Crippen molar-refractivity contribution in [2.24, 2.45) is 0 Å². The Bertz CT molecular complexity index is 619. The van der Waals surface area contributed by atoms with Crippen molar-refractivity contribution in [2.45, 2.75) is 18.4 Å². The number of nitrogens with one attached hydrogen (secondary N) is 1. The number of amides is 1. The summed E-state index contributed by atoms with van der Waals surface area (Å²) in [6, 6.07) is 3.22. The van der Waals surface area contributed by atoms with Crippen molar-refractivity contribution in [3.05, 3.63) is 36.5 Å². The number of aliphatic hydroxyl groups is 1. The third kappa shape index (κ3) is 3.22. The smallest absolute Gasteiger partial charge is 0.273 e. The van der Waals surface area contributed by atoms with E-state index in [9.17, 15) is 9.90 Å². The van der Waals surface area contributed by atoms with E-state index in [1.165, 1.54) is 12.3 Å². The molecule has 0 bridgehead atoms. The first-order valence-corrected chi connectivity index (χ1v) is 7.09. The molecule has 2 aromatic heterocycles. The van der Waals surface area contributed by atoms with Crippen LogP contribution in [-0.2, 0) is 0 Å². The number of β-amino-alcohol motifs (C(OH)–C–C–N with tert-alkyl or cyclic N) is 1. The number of aromatic nitrogens is 3. The monoisotopic (exact) mass is 303 g/mol. The lowest BCUT2D eigenvalue weighted by Gasteiger charge is -2.39. The van der Waals surface area contributed by atoms with Gasteiger partial charge in [-0.05, 0) is 18.9 Å². The first-order valence-electron chi connectivity index (χ1n) is 7.09. The van der Waals surface area contributed by atoms with E-state index in [4.69, 9.17) is 0 Å². The lowest BCUT2D eigenvalue weighted by molar-refractivity contribution is 0.0251. The van der Waals surface area contributed by atoms with Gasteiger partial charge in [-0.2, -0.15) is 0 Å². The lowest BCUT2D eigenvalue weighted by atomic mass is 9.93. The summed E-state index contributed by atoms with van der Waals surface area (Å²) in [6.45, 7) is 1.29. The van der Waals surface area contributed by atoms with E-state index in [0.717, 1.165) is 13.0 Å².